The zero-order valence-corrected chi connectivity index (χ0v) is 18.3. The number of hydrogen-bond acceptors (Lipinski definition) is 5. The zero-order chi connectivity index (χ0) is 23.5. The molecule has 0 aliphatic carbocycles. The molecule has 0 saturated heterocycles. The lowest BCUT2D eigenvalue weighted by atomic mass is 10.2. The lowest BCUT2D eigenvalue weighted by Gasteiger charge is -2.08. The molecule has 2 aromatic carbocycles. The molecule has 2 N–H and O–H groups in total. The quantitative estimate of drug-likeness (QED) is 0.412. The van der Waals surface area contributed by atoms with E-state index in [2.05, 4.69) is 25.7 Å². The molecule has 9 heteroatoms. The maximum Gasteiger partial charge on any atom is 0.275 e. The smallest absolute Gasteiger partial charge is 0.275 e. The van der Waals surface area contributed by atoms with Gasteiger partial charge >= 0.3 is 0 Å². The average molecular weight is 451 g/mol. The van der Waals surface area contributed by atoms with Crippen LogP contribution in [-0.2, 0) is 13.6 Å². The van der Waals surface area contributed by atoms with Crippen molar-refractivity contribution >= 4 is 23.4 Å². The third kappa shape index (κ3) is 4.26. The Hall–Kier alpha value is -4.79. The van der Waals surface area contributed by atoms with Crippen LogP contribution in [-0.4, -0.2) is 36.0 Å². The van der Waals surface area contributed by atoms with Gasteiger partial charge in [-0.15, -0.1) is 0 Å². The van der Waals surface area contributed by atoms with Gasteiger partial charge in [-0.2, -0.15) is 10.1 Å². The first-order chi connectivity index (χ1) is 16.6. The van der Waals surface area contributed by atoms with Crippen LogP contribution >= 0.6 is 0 Å². The Morgan fingerprint density at radius 2 is 1.65 bits per heavy atom. The topological polar surface area (TPSA) is 106 Å². The Morgan fingerprint density at radius 3 is 2.41 bits per heavy atom. The summed E-state index contributed by atoms with van der Waals surface area (Å²) in [7, 11) is 1.61. The van der Waals surface area contributed by atoms with Crippen molar-refractivity contribution < 1.29 is 9.59 Å². The summed E-state index contributed by atoms with van der Waals surface area (Å²) in [6.07, 6.45) is 5.03. The molecule has 0 aliphatic rings. The van der Waals surface area contributed by atoms with Crippen molar-refractivity contribution in [2.24, 2.45) is 7.05 Å². The van der Waals surface area contributed by atoms with E-state index in [4.69, 9.17) is 0 Å². The third-order valence-electron chi connectivity index (χ3n) is 5.33. The fraction of sp³-hybridized carbons (Fsp3) is 0.0800. The van der Waals surface area contributed by atoms with Crippen molar-refractivity contribution in [3.05, 3.63) is 102 Å². The van der Waals surface area contributed by atoms with E-state index in [0.29, 0.717) is 18.1 Å². The molecule has 0 fully saturated rings. The number of carbonyl (C=O) groups is 2. The Balaban J connectivity index is 1.34. The maximum absolute atomic E-state index is 13.0. The lowest BCUT2D eigenvalue weighted by Crippen LogP contribution is -2.26. The first-order valence-electron chi connectivity index (χ1n) is 10.6. The predicted molar refractivity (Wildman–Crippen MR) is 127 cm³/mol. The molecule has 0 radical (unpaired) electrons. The van der Waals surface area contributed by atoms with Crippen molar-refractivity contribution in [2.45, 2.75) is 6.54 Å². The fourth-order valence-corrected chi connectivity index (χ4v) is 3.61. The molecule has 5 aromatic rings. The number of benzene rings is 2. The number of amides is 2. The third-order valence-corrected chi connectivity index (χ3v) is 5.33. The molecule has 2 amide bonds. The molecule has 5 rings (SSSR count). The van der Waals surface area contributed by atoms with Crippen LogP contribution in [0, 0.1) is 0 Å². The van der Waals surface area contributed by atoms with Gasteiger partial charge < -0.3 is 10.6 Å². The number of carbonyl (C=O) groups excluding carboxylic acids is 2. The molecule has 0 atom stereocenters. The molecule has 34 heavy (non-hydrogen) atoms. The van der Waals surface area contributed by atoms with Gasteiger partial charge in [0, 0.05) is 31.5 Å². The summed E-state index contributed by atoms with van der Waals surface area (Å²) in [6, 6.07) is 21.0. The van der Waals surface area contributed by atoms with E-state index in [1.165, 1.54) is 10.9 Å². The molecule has 0 saturated carbocycles. The Bertz CT molecular complexity index is 1470. The Labute approximate surface area is 195 Å². The van der Waals surface area contributed by atoms with Gasteiger partial charge in [0.05, 0.1) is 17.5 Å². The average Bonchev–Trinajstić information content (AvgIpc) is 3.47. The number of nitrogens with one attached hydrogen (secondary N) is 2. The molecule has 0 aliphatic heterocycles. The van der Waals surface area contributed by atoms with E-state index < -0.39 is 5.91 Å². The summed E-state index contributed by atoms with van der Waals surface area (Å²) in [4.78, 5) is 34.8. The summed E-state index contributed by atoms with van der Waals surface area (Å²) in [6.45, 7) is 0.345. The summed E-state index contributed by atoms with van der Waals surface area (Å²) >= 11 is 0. The van der Waals surface area contributed by atoms with Crippen molar-refractivity contribution in [1.29, 1.82) is 0 Å². The largest absolute Gasteiger partial charge is 0.348 e. The van der Waals surface area contributed by atoms with Crippen LogP contribution in [0.2, 0.25) is 0 Å². The van der Waals surface area contributed by atoms with Gasteiger partial charge in [-0.25, -0.2) is 4.98 Å². The highest BCUT2D eigenvalue weighted by Gasteiger charge is 2.22. The first kappa shape index (κ1) is 21.1. The SMILES string of the molecule is Cn1ncc(C(=O)NCc2ccccc2)c1C(=O)Nc1ccn2cc(-c3ccccc3)nc2n1. The lowest BCUT2D eigenvalue weighted by molar-refractivity contribution is 0.0936. The number of aromatic nitrogens is 5. The second kappa shape index (κ2) is 8.99. The van der Waals surface area contributed by atoms with E-state index >= 15 is 0 Å². The minimum absolute atomic E-state index is 0.139. The van der Waals surface area contributed by atoms with Crippen LogP contribution in [0.5, 0.6) is 0 Å². The van der Waals surface area contributed by atoms with Crippen molar-refractivity contribution in [3.8, 4) is 11.3 Å². The summed E-state index contributed by atoms with van der Waals surface area (Å²) in [5.74, 6) is -0.107. The summed E-state index contributed by atoms with van der Waals surface area (Å²) < 4.78 is 3.15. The molecule has 0 spiro atoms. The molecular weight excluding hydrogens is 430 g/mol. The number of anilines is 1. The van der Waals surface area contributed by atoms with Crippen LogP contribution in [0.15, 0.2) is 85.3 Å². The Morgan fingerprint density at radius 1 is 0.912 bits per heavy atom. The molecule has 168 valence electrons. The monoisotopic (exact) mass is 451 g/mol. The molecule has 3 heterocycles. The summed E-state index contributed by atoms with van der Waals surface area (Å²) in [5, 5.41) is 9.68. The van der Waals surface area contributed by atoms with Gasteiger partial charge in [0.1, 0.15) is 11.5 Å². The van der Waals surface area contributed by atoms with Crippen molar-refractivity contribution in [1.82, 2.24) is 29.5 Å². The van der Waals surface area contributed by atoms with Gasteiger partial charge in [-0.1, -0.05) is 60.7 Å². The van der Waals surface area contributed by atoms with Crippen LogP contribution in [0.3, 0.4) is 0 Å². The molecule has 0 unspecified atom stereocenters. The second-order valence-electron chi connectivity index (χ2n) is 7.67. The number of imidazole rings is 1. The highest BCUT2D eigenvalue weighted by atomic mass is 16.2. The van der Waals surface area contributed by atoms with Crippen LogP contribution in [0.4, 0.5) is 5.82 Å². The van der Waals surface area contributed by atoms with E-state index in [0.717, 1.165) is 16.8 Å². The van der Waals surface area contributed by atoms with E-state index in [-0.39, 0.29) is 17.2 Å². The minimum Gasteiger partial charge on any atom is -0.348 e. The number of nitrogens with zero attached hydrogens (tertiary/aromatic N) is 5. The predicted octanol–water partition coefficient (Wildman–Crippen LogP) is 3.31. The standard InChI is InChI=1S/C25H21N7O2/c1-31-22(19(15-27-31)23(33)26-14-17-8-4-2-5-9-17)24(34)29-21-12-13-32-16-20(28-25(32)30-21)18-10-6-3-7-11-18/h2-13,15-16H,14H2,1H3,(H,26,33)(H,28,29,30,34). The maximum atomic E-state index is 13.0. The highest BCUT2D eigenvalue weighted by Crippen LogP contribution is 2.19. The van der Waals surface area contributed by atoms with E-state index in [9.17, 15) is 9.59 Å². The van der Waals surface area contributed by atoms with Gasteiger partial charge in [0.15, 0.2) is 0 Å². The molecule has 0 bridgehead atoms. The zero-order valence-electron chi connectivity index (χ0n) is 18.3. The van der Waals surface area contributed by atoms with Gasteiger partial charge in [-0.05, 0) is 11.6 Å². The van der Waals surface area contributed by atoms with Gasteiger partial charge in [0.25, 0.3) is 11.8 Å². The normalized spacial score (nSPS) is 10.9. The van der Waals surface area contributed by atoms with Crippen molar-refractivity contribution in [3.63, 3.8) is 0 Å². The fourth-order valence-electron chi connectivity index (χ4n) is 3.61. The molecular formula is C25H21N7O2. The number of aryl methyl sites for hydroxylation is 1. The number of fused-ring (bicyclic) bond motifs is 1. The van der Waals surface area contributed by atoms with Crippen LogP contribution < -0.4 is 10.6 Å². The highest BCUT2D eigenvalue weighted by molar-refractivity contribution is 6.10. The van der Waals surface area contributed by atoms with E-state index in [1.54, 1.807) is 23.7 Å². The minimum atomic E-state index is -0.489. The van der Waals surface area contributed by atoms with Crippen LogP contribution in [0.25, 0.3) is 17.0 Å². The molecule has 9 nitrogen and oxygen atoms in total. The number of hydrogen-bond donors (Lipinski definition) is 2. The first-order valence-corrected chi connectivity index (χ1v) is 10.6. The summed E-state index contributed by atoms with van der Waals surface area (Å²) in [5.41, 5.74) is 3.03. The molecule has 3 aromatic heterocycles. The number of rotatable bonds is 6. The van der Waals surface area contributed by atoms with Gasteiger partial charge in [0.2, 0.25) is 5.78 Å². The Kier molecular flexibility index (Phi) is 5.57. The van der Waals surface area contributed by atoms with Crippen LogP contribution in [0.1, 0.15) is 26.4 Å². The second-order valence-corrected chi connectivity index (χ2v) is 7.67. The van der Waals surface area contributed by atoms with E-state index in [1.807, 2.05) is 66.9 Å². The van der Waals surface area contributed by atoms with Crippen molar-refractivity contribution in [2.75, 3.05) is 5.32 Å². The van der Waals surface area contributed by atoms with Gasteiger partial charge in [-0.3, -0.25) is 18.7 Å².